The molecular formula is C25H17Cl2N5O4. The highest BCUT2D eigenvalue weighted by Gasteiger charge is 2.28. The molecule has 9 nitrogen and oxygen atoms in total. The fourth-order valence-electron chi connectivity index (χ4n) is 4.05. The molecule has 180 valence electrons. The first-order valence-electron chi connectivity index (χ1n) is 10.7. The van der Waals surface area contributed by atoms with E-state index in [0.717, 1.165) is 11.1 Å². The van der Waals surface area contributed by atoms with Crippen LogP contribution in [0.1, 0.15) is 27.3 Å². The van der Waals surface area contributed by atoms with Gasteiger partial charge in [-0.1, -0.05) is 47.5 Å². The molecule has 1 aliphatic heterocycles. The number of rotatable bonds is 5. The number of carbonyl (C=O) groups excluding carboxylic acids is 2. The first-order valence-corrected chi connectivity index (χ1v) is 11.5. The Hall–Kier alpha value is -4.34. The van der Waals surface area contributed by atoms with Crippen LogP contribution in [-0.4, -0.2) is 26.8 Å². The van der Waals surface area contributed by atoms with Gasteiger partial charge in [-0.2, -0.15) is 0 Å². The normalized spacial score (nSPS) is 13.5. The predicted octanol–water partition coefficient (Wildman–Crippen LogP) is 3.79. The van der Waals surface area contributed by atoms with E-state index in [9.17, 15) is 19.2 Å². The van der Waals surface area contributed by atoms with Crippen LogP contribution in [0.5, 0.6) is 0 Å². The molecule has 0 saturated carbocycles. The Balaban J connectivity index is 1.51. The van der Waals surface area contributed by atoms with E-state index in [4.69, 9.17) is 23.2 Å². The summed E-state index contributed by atoms with van der Waals surface area (Å²) in [7, 11) is 0. The zero-order valence-corrected chi connectivity index (χ0v) is 19.9. The number of H-pyrrole nitrogens is 3. The van der Waals surface area contributed by atoms with Gasteiger partial charge in [0.2, 0.25) is 0 Å². The van der Waals surface area contributed by atoms with Crippen molar-refractivity contribution in [3.8, 4) is 11.1 Å². The van der Waals surface area contributed by atoms with Crippen LogP contribution in [0, 0.1) is 0 Å². The van der Waals surface area contributed by atoms with Gasteiger partial charge in [0.15, 0.2) is 0 Å². The largest absolute Gasteiger partial charge is 0.346 e. The molecular weight excluding hydrogens is 505 g/mol. The molecule has 0 bridgehead atoms. The van der Waals surface area contributed by atoms with Crippen molar-refractivity contribution in [2.24, 2.45) is 0 Å². The van der Waals surface area contributed by atoms with Gasteiger partial charge in [-0.25, -0.2) is 4.79 Å². The van der Waals surface area contributed by atoms with Crippen LogP contribution in [0.4, 0.5) is 5.69 Å². The Morgan fingerprint density at radius 3 is 2.53 bits per heavy atom. The molecule has 3 heterocycles. The molecule has 2 aromatic carbocycles. The molecule has 0 saturated heterocycles. The van der Waals surface area contributed by atoms with Crippen molar-refractivity contribution < 1.29 is 9.59 Å². The van der Waals surface area contributed by atoms with Crippen molar-refractivity contribution in [3.63, 3.8) is 0 Å². The maximum atomic E-state index is 12.9. The van der Waals surface area contributed by atoms with Crippen LogP contribution in [0.2, 0.25) is 10.2 Å². The molecule has 2 aromatic heterocycles. The summed E-state index contributed by atoms with van der Waals surface area (Å²) < 4.78 is 0. The van der Waals surface area contributed by atoms with Gasteiger partial charge in [0.1, 0.15) is 5.15 Å². The van der Waals surface area contributed by atoms with Gasteiger partial charge < -0.3 is 20.6 Å². The Kier molecular flexibility index (Phi) is 6.09. The Morgan fingerprint density at radius 1 is 0.944 bits per heavy atom. The third-order valence-electron chi connectivity index (χ3n) is 5.57. The standard InChI is InChI=1S/C25H17Cl2N5O4/c26-13-4-1-3-12(7-13)15-5-2-6-18-22(15)17(24(35)31-18)9-19-16(10-20(27)30-19)23(34)28-11-14-8-21(33)32-25(36)29-14/h1-10,30H,11H2,(H,28,34)(H,31,35)(H2,29,32,33,36)/b17-9-. The van der Waals surface area contributed by atoms with Crippen molar-refractivity contribution in [2.45, 2.75) is 6.54 Å². The number of hydrogen-bond donors (Lipinski definition) is 5. The molecule has 5 N–H and O–H groups in total. The zero-order chi connectivity index (χ0) is 25.4. The third-order valence-corrected chi connectivity index (χ3v) is 6.01. The zero-order valence-electron chi connectivity index (χ0n) is 18.4. The summed E-state index contributed by atoms with van der Waals surface area (Å²) in [4.78, 5) is 56.2. The number of aromatic amines is 3. The van der Waals surface area contributed by atoms with Gasteiger partial charge >= 0.3 is 5.69 Å². The summed E-state index contributed by atoms with van der Waals surface area (Å²) in [6.07, 6.45) is 1.56. The van der Waals surface area contributed by atoms with Crippen molar-refractivity contribution in [1.82, 2.24) is 20.3 Å². The number of benzene rings is 2. The highest BCUT2D eigenvalue weighted by molar-refractivity contribution is 6.37. The first-order chi connectivity index (χ1) is 17.3. The molecule has 0 aliphatic carbocycles. The predicted molar refractivity (Wildman–Crippen MR) is 138 cm³/mol. The van der Waals surface area contributed by atoms with E-state index in [1.54, 1.807) is 24.3 Å². The van der Waals surface area contributed by atoms with Gasteiger partial charge in [0, 0.05) is 28.0 Å². The Morgan fingerprint density at radius 2 is 1.75 bits per heavy atom. The van der Waals surface area contributed by atoms with Gasteiger partial charge in [0.25, 0.3) is 17.4 Å². The van der Waals surface area contributed by atoms with E-state index < -0.39 is 17.2 Å². The summed E-state index contributed by atoms with van der Waals surface area (Å²) in [6.45, 7) is -0.0982. The highest BCUT2D eigenvalue weighted by atomic mass is 35.5. The Labute approximate surface area is 213 Å². The SMILES string of the molecule is O=C1Nc2cccc(-c3cccc(Cl)c3)c2/C1=C/c1[nH]c(Cl)cc1C(=O)NCc1cc(=O)[nH]c(=O)[nH]1. The minimum Gasteiger partial charge on any atom is -0.346 e. The van der Waals surface area contributed by atoms with E-state index in [2.05, 4.69) is 25.6 Å². The van der Waals surface area contributed by atoms with Gasteiger partial charge in [-0.15, -0.1) is 0 Å². The average molecular weight is 522 g/mol. The number of nitrogens with one attached hydrogen (secondary N) is 5. The second kappa shape index (κ2) is 9.37. The fourth-order valence-corrected chi connectivity index (χ4v) is 4.45. The van der Waals surface area contributed by atoms with E-state index in [1.807, 2.05) is 24.3 Å². The van der Waals surface area contributed by atoms with Crippen molar-refractivity contribution in [2.75, 3.05) is 5.32 Å². The lowest BCUT2D eigenvalue weighted by Crippen LogP contribution is -2.28. The van der Waals surface area contributed by atoms with E-state index in [-0.39, 0.29) is 28.9 Å². The van der Waals surface area contributed by atoms with E-state index in [1.165, 1.54) is 12.1 Å². The number of hydrogen-bond acceptors (Lipinski definition) is 4. The maximum absolute atomic E-state index is 12.9. The number of halogens is 2. The van der Waals surface area contributed by atoms with Crippen LogP contribution in [0.3, 0.4) is 0 Å². The Bertz CT molecular complexity index is 1650. The summed E-state index contributed by atoms with van der Waals surface area (Å²) in [6, 6.07) is 15.4. The van der Waals surface area contributed by atoms with Crippen LogP contribution >= 0.6 is 23.2 Å². The van der Waals surface area contributed by atoms with Crippen LogP contribution in [0.15, 0.2) is 64.2 Å². The summed E-state index contributed by atoms with van der Waals surface area (Å²) in [5.74, 6) is -0.856. The molecule has 1 aliphatic rings. The number of aromatic nitrogens is 3. The molecule has 0 unspecified atom stereocenters. The van der Waals surface area contributed by atoms with E-state index >= 15 is 0 Å². The number of carbonyl (C=O) groups is 2. The molecule has 0 atom stereocenters. The molecule has 0 fully saturated rings. The van der Waals surface area contributed by atoms with E-state index in [0.29, 0.717) is 27.5 Å². The first kappa shape index (κ1) is 23.4. The minimum absolute atomic E-state index is 0.0982. The molecule has 5 rings (SSSR count). The number of fused-ring (bicyclic) bond motifs is 1. The lowest BCUT2D eigenvalue weighted by molar-refractivity contribution is -0.110. The van der Waals surface area contributed by atoms with Gasteiger partial charge in [-0.3, -0.25) is 19.4 Å². The quantitative estimate of drug-likeness (QED) is 0.255. The van der Waals surface area contributed by atoms with Crippen molar-refractivity contribution >= 4 is 52.4 Å². The monoisotopic (exact) mass is 521 g/mol. The second-order valence-electron chi connectivity index (χ2n) is 7.99. The number of anilines is 1. The maximum Gasteiger partial charge on any atom is 0.325 e. The van der Waals surface area contributed by atoms with Crippen molar-refractivity contribution in [1.29, 1.82) is 0 Å². The molecule has 0 spiro atoms. The average Bonchev–Trinajstić information content (AvgIpc) is 3.36. The highest BCUT2D eigenvalue weighted by Crippen LogP contribution is 2.41. The number of amides is 2. The van der Waals surface area contributed by atoms with Crippen LogP contribution in [-0.2, 0) is 11.3 Å². The minimum atomic E-state index is -0.678. The topological polar surface area (TPSA) is 140 Å². The van der Waals surface area contributed by atoms with Gasteiger partial charge in [-0.05, 0) is 41.5 Å². The molecule has 0 radical (unpaired) electrons. The third kappa shape index (κ3) is 4.61. The lowest BCUT2D eigenvalue weighted by Gasteiger charge is -2.09. The second-order valence-corrected chi connectivity index (χ2v) is 8.83. The summed E-state index contributed by atoms with van der Waals surface area (Å²) in [5, 5.41) is 6.24. The van der Waals surface area contributed by atoms with Crippen molar-refractivity contribution in [3.05, 3.63) is 108 Å². The lowest BCUT2D eigenvalue weighted by atomic mass is 9.94. The van der Waals surface area contributed by atoms with Crippen LogP contribution < -0.4 is 21.9 Å². The van der Waals surface area contributed by atoms with Crippen LogP contribution in [0.25, 0.3) is 22.8 Å². The smallest absolute Gasteiger partial charge is 0.325 e. The molecule has 2 amide bonds. The molecule has 36 heavy (non-hydrogen) atoms. The fraction of sp³-hybridized carbons (Fsp3) is 0.0400. The molecule has 4 aromatic rings. The molecule has 11 heteroatoms. The summed E-state index contributed by atoms with van der Waals surface area (Å²) >= 11 is 12.4. The van der Waals surface area contributed by atoms with Gasteiger partial charge in [0.05, 0.1) is 23.4 Å². The summed E-state index contributed by atoms with van der Waals surface area (Å²) in [5.41, 5.74) is 2.73.